The second-order valence-electron chi connectivity index (χ2n) is 1.76. The summed E-state index contributed by atoms with van der Waals surface area (Å²) in [6, 6.07) is 1.74. The number of rotatable bonds is 0. The van der Waals surface area contributed by atoms with E-state index in [2.05, 4.69) is 0 Å². The molecule has 0 aliphatic carbocycles. The van der Waals surface area contributed by atoms with Gasteiger partial charge in [0.05, 0.1) is 0 Å². The first-order valence-electron chi connectivity index (χ1n) is 2.52. The fraction of sp³-hybridized carbons (Fsp3) is 0. The lowest BCUT2D eigenvalue weighted by atomic mass is 10.2. The predicted octanol–water partition coefficient (Wildman–Crippen LogP) is 2.16. The molecule has 2 radical (unpaired) electrons. The van der Waals surface area contributed by atoms with Crippen LogP contribution >= 0.6 is 0 Å². The van der Waals surface area contributed by atoms with Crippen LogP contribution in [0.1, 0.15) is 5.56 Å². The minimum absolute atomic E-state index is 0.390. The minimum Gasteiger partial charge on any atom is -0.204 e. The van der Waals surface area contributed by atoms with Gasteiger partial charge >= 0.3 is 0 Å². The summed E-state index contributed by atoms with van der Waals surface area (Å²) >= 11 is 0. The van der Waals surface area contributed by atoms with Crippen LogP contribution in [0.25, 0.3) is 0 Å². The highest BCUT2D eigenvalue weighted by Crippen LogP contribution is 2.13. The van der Waals surface area contributed by atoms with Crippen LogP contribution in [0, 0.1) is 24.4 Å². The summed E-state index contributed by atoms with van der Waals surface area (Å²) in [4.78, 5) is 0. The van der Waals surface area contributed by atoms with Crippen LogP contribution in [-0.2, 0) is 0 Å². The Labute approximate surface area is 56.3 Å². The molecule has 0 N–H and O–H groups in total. The molecule has 0 aromatic heterocycles. The van der Waals surface area contributed by atoms with Gasteiger partial charge in [0, 0.05) is 6.92 Å². The number of hydrogen-bond acceptors (Lipinski definition) is 0. The van der Waals surface area contributed by atoms with Crippen molar-refractivity contribution in [1.29, 1.82) is 0 Å². The van der Waals surface area contributed by atoms with Crippen molar-refractivity contribution in [3.63, 3.8) is 0 Å². The van der Waals surface area contributed by atoms with E-state index in [9.17, 15) is 13.2 Å². The maximum absolute atomic E-state index is 12.3. The molecule has 0 atom stereocenters. The number of benzene rings is 1. The summed E-state index contributed by atoms with van der Waals surface area (Å²) in [5.41, 5.74) is -0.390. The lowest BCUT2D eigenvalue weighted by molar-refractivity contribution is 0.445. The Kier molecular flexibility index (Phi) is 1.66. The third kappa shape index (κ3) is 0.988. The fourth-order valence-electron chi connectivity index (χ4n) is 0.541. The van der Waals surface area contributed by atoms with Gasteiger partial charge in [0.25, 0.3) is 0 Å². The Morgan fingerprint density at radius 3 is 2.10 bits per heavy atom. The lowest BCUT2D eigenvalue weighted by Gasteiger charge is -1.96. The van der Waals surface area contributed by atoms with Crippen molar-refractivity contribution in [3.8, 4) is 0 Å². The second kappa shape index (κ2) is 2.33. The Balaban J connectivity index is 3.34. The first-order chi connectivity index (χ1) is 4.63. The molecule has 3 heteroatoms. The zero-order valence-electron chi connectivity index (χ0n) is 4.87. The van der Waals surface area contributed by atoms with Crippen LogP contribution in [0.15, 0.2) is 12.1 Å². The summed E-state index contributed by atoms with van der Waals surface area (Å²) in [5.74, 6) is -4.09. The van der Waals surface area contributed by atoms with Crippen LogP contribution in [0.3, 0.4) is 0 Å². The van der Waals surface area contributed by atoms with Crippen molar-refractivity contribution >= 4 is 0 Å². The Bertz CT molecular complexity index is 228. The molecule has 52 valence electrons. The van der Waals surface area contributed by atoms with E-state index in [0.717, 1.165) is 12.1 Å². The van der Waals surface area contributed by atoms with E-state index >= 15 is 0 Å². The molecule has 0 nitrogen and oxygen atoms in total. The van der Waals surface area contributed by atoms with Crippen LogP contribution < -0.4 is 0 Å². The molecule has 0 spiro atoms. The summed E-state index contributed by atoms with van der Waals surface area (Å²) in [5, 5.41) is 0. The van der Waals surface area contributed by atoms with Gasteiger partial charge in [-0.1, -0.05) is 6.07 Å². The topological polar surface area (TPSA) is 0 Å². The van der Waals surface area contributed by atoms with Crippen molar-refractivity contribution < 1.29 is 13.2 Å². The minimum atomic E-state index is -1.53. The highest BCUT2D eigenvalue weighted by Gasteiger charge is 2.09. The number of hydrogen-bond donors (Lipinski definition) is 0. The molecule has 0 aliphatic heterocycles. The van der Waals surface area contributed by atoms with Crippen LogP contribution in [0.5, 0.6) is 0 Å². The molecule has 1 rings (SSSR count). The zero-order valence-corrected chi connectivity index (χ0v) is 4.87. The van der Waals surface area contributed by atoms with E-state index in [1.165, 1.54) is 0 Å². The van der Waals surface area contributed by atoms with E-state index in [0.29, 0.717) is 0 Å². The van der Waals surface area contributed by atoms with Crippen molar-refractivity contribution in [3.05, 3.63) is 42.1 Å². The molecule has 0 saturated carbocycles. The van der Waals surface area contributed by atoms with E-state index in [1.807, 2.05) is 0 Å². The average Bonchev–Trinajstić information content (AvgIpc) is 1.93. The summed E-state index contributed by atoms with van der Waals surface area (Å²) in [7, 11) is 0. The Hall–Kier alpha value is -0.990. The van der Waals surface area contributed by atoms with Gasteiger partial charge < -0.3 is 0 Å². The van der Waals surface area contributed by atoms with Gasteiger partial charge in [-0.15, -0.1) is 0 Å². The van der Waals surface area contributed by atoms with Crippen molar-refractivity contribution in [2.45, 2.75) is 0 Å². The standard InChI is InChI=1S/C7H3F3/c1-4-2-3-5(8)7(10)6(4)9/h1-3H. The Morgan fingerprint density at radius 2 is 1.60 bits per heavy atom. The molecule has 1 aromatic carbocycles. The normalized spacial score (nSPS) is 10.0. The first kappa shape index (κ1) is 7.12. The third-order valence-electron chi connectivity index (χ3n) is 1.07. The quantitative estimate of drug-likeness (QED) is 0.489. The Morgan fingerprint density at radius 1 is 1.00 bits per heavy atom. The fourth-order valence-corrected chi connectivity index (χ4v) is 0.541. The molecule has 0 saturated heterocycles. The molecule has 0 aliphatic rings. The van der Waals surface area contributed by atoms with Gasteiger partial charge in [-0.25, -0.2) is 13.2 Å². The highest BCUT2D eigenvalue weighted by atomic mass is 19.2. The van der Waals surface area contributed by atoms with Gasteiger partial charge in [-0.05, 0) is 11.6 Å². The molecule has 0 heterocycles. The molecular formula is C7H3F3. The SMILES string of the molecule is [CH]c1ccc(F)c(F)c1F. The van der Waals surface area contributed by atoms with Gasteiger partial charge in [0.1, 0.15) is 0 Å². The molecule has 0 unspecified atom stereocenters. The molecule has 10 heavy (non-hydrogen) atoms. The first-order valence-corrected chi connectivity index (χ1v) is 2.52. The average molecular weight is 144 g/mol. The van der Waals surface area contributed by atoms with Crippen LogP contribution in [0.4, 0.5) is 13.2 Å². The van der Waals surface area contributed by atoms with Crippen molar-refractivity contribution in [1.82, 2.24) is 0 Å². The van der Waals surface area contributed by atoms with Gasteiger partial charge in [-0.3, -0.25) is 0 Å². The highest BCUT2D eigenvalue weighted by molar-refractivity contribution is 5.22. The van der Waals surface area contributed by atoms with Crippen molar-refractivity contribution in [2.75, 3.05) is 0 Å². The smallest absolute Gasteiger partial charge is 0.194 e. The maximum atomic E-state index is 12.3. The third-order valence-corrected chi connectivity index (χ3v) is 1.07. The van der Waals surface area contributed by atoms with Gasteiger partial charge in [-0.2, -0.15) is 0 Å². The maximum Gasteiger partial charge on any atom is 0.194 e. The lowest BCUT2D eigenvalue weighted by Crippen LogP contribution is -1.92. The van der Waals surface area contributed by atoms with Crippen LogP contribution in [0.2, 0.25) is 0 Å². The van der Waals surface area contributed by atoms with E-state index in [1.54, 1.807) is 0 Å². The van der Waals surface area contributed by atoms with E-state index in [4.69, 9.17) is 6.92 Å². The molecule has 1 aromatic rings. The molecule has 0 fully saturated rings. The molecule has 0 amide bonds. The predicted molar refractivity (Wildman–Crippen MR) is 29.7 cm³/mol. The molecule has 0 bridgehead atoms. The summed E-state index contributed by atoms with van der Waals surface area (Å²) in [6.07, 6.45) is 0. The largest absolute Gasteiger partial charge is 0.204 e. The number of halogens is 3. The summed E-state index contributed by atoms with van der Waals surface area (Å²) < 4.78 is 36.5. The second-order valence-corrected chi connectivity index (χ2v) is 1.76. The van der Waals surface area contributed by atoms with Gasteiger partial charge in [0.2, 0.25) is 0 Å². The summed E-state index contributed by atoms with van der Waals surface area (Å²) in [6.45, 7) is 4.91. The monoisotopic (exact) mass is 144 g/mol. The molecular weight excluding hydrogens is 141 g/mol. The van der Waals surface area contributed by atoms with E-state index in [-0.39, 0.29) is 5.56 Å². The zero-order chi connectivity index (χ0) is 7.72. The van der Waals surface area contributed by atoms with Gasteiger partial charge in [0.15, 0.2) is 17.5 Å². The van der Waals surface area contributed by atoms with Crippen molar-refractivity contribution in [2.24, 2.45) is 0 Å². The van der Waals surface area contributed by atoms with Crippen LogP contribution in [-0.4, -0.2) is 0 Å². The van der Waals surface area contributed by atoms with E-state index < -0.39 is 17.5 Å².